The predicted molar refractivity (Wildman–Crippen MR) is 100 cm³/mol. The molecule has 2 rings (SSSR count). The largest absolute Gasteiger partial charge is 0.351 e. The van der Waals surface area contributed by atoms with E-state index in [1.54, 1.807) is 0 Å². The zero-order chi connectivity index (χ0) is 18.1. The molecule has 0 aliphatic rings. The summed E-state index contributed by atoms with van der Waals surface area (Å²) >= 11 is 0. The highest BCUT2D eigenvalue weighted by molar-refractivity contribution is 5.91. The van der Waals surface area contributed by atoms with Crippen molar-refractivity contribution in [2.75, 3.05) is 32.0 Å². The molecule has 132 valence electrons. The minimum Gasteiger partial charge on any atom is -0.351 e. The van der Waals surface area contributed by atoms with Gasteiger partial charge in [-0.1, -0.05) is 49.4 Å². The maximum absolute atomic E-state index is 12.1. The molecule has 0 radical (unpaired) electrons. The number of anilines is 1. The summed E-state index contributed by atoms with van der Waals surface area (Å²) in [4.78, 5) is 24.6. The molecule has 2 aromatic rings. The van der Waals surface area contributed by atoms with Gasteiger partial charge in [0.15, 0.2) is 13.1 Å². The highest BCUT2D eigenvalue weighted by atomic mass is 16.2. The number of nitrogens with one attached hydrogen (secondary N) is 3. The molecule has 1 atom stereocenters. The van der Waals surface area contributed by atoms with E-state index in [4.69, 9.17) is 0 Å². The van der Waals surface area contributed by atoms with Crippen LogP contribution in [0, 0.1) is 0 Å². The average molecular weight is 340 g/mol. The van der Waals surface area contributed by atoms with E-state index >= 15 is 0 Å². The number of hydrogen-bond acceptors (Lipinski definition) is 2. The van der Waals surface area contributed by atoms with E-state index in [0.29, 0.717) is 13.1 Å². The number of hydrogen-bond donors (Lipinski definition) is 3. The smallest absolute Gasteiger partial charge is 0.279 e. The molecule has 0 bridgehead atoms. The number of carbonyl (C=O) groups is 2. The fourth-order valence-corrected chi connectivity index (χ4v) is 2.52. The second-order valence-electron chi connectivity index (χ2n) is 6.15. The van der Waals surface area contributed by atoms with Gasteiger partial charge in [0.2, 0.25) is 0 Å². The van der Waals surface area contributed by atoms with E-state index in [1.165, 1.54) is 0 Å². The van der Waals surface area contributed by atoms with Crippen LogP contribution in [0.2, 0.25) is 0 Å². The van der Waals surface area contributed by atoms with Crippen molar-refractivity contribution in [1.29, 1.82) is 0 Å². The Bertz CT molecular complexity index is 684. The first-order valence-electron chi connectivity index (χ1n) is 8.62. The van der Waals surface area contributed by atoms with Gasteiger partial charge in [-0.2, -0.15) is 0 Å². The van der Waals surface area contributed by atoms with Crippen LogP contribution in [0.25, 0.3) is 11.1 Å². The minimum atomic E-state index is -0.103. The maximum atomic E-state index is 12.1. The van der Waals surface area contributed by atoms with Crippen LogP contribution in [0.1, 0.15) is 13.3 Å². The number of quaternary nitrogens is 1. The zero-order valence-corrected chi connectivity index (χ0v) is 14.8. The highest BCUT2D eigenvalue weighted by Crippen LogP contribution is 2.20. The Balaban J connectivity index is 1.83. The van der Waals surface area contributed by atoms with Crippen molar-refractivity contribution >= 4 is 17.5 Å². The van der Waals surface area contributed by atoms with Gasteiger partial charge < -0.3 is 15.5 Å². The van der Waals surface area contributed by atoms with E-state index < -0.39 is 0 Å². The Morgan fingerprint density at radius 2 is 1.48 bits per heavy atom. The van der Waals surface area contributed by atoms with Gasteiger partial charge in [0, 0.05) is 12.2 Å². The summed E-state index contributed by atoms with van der Waals surface area (Å²) in [5.74, 6) is -0.132. The van der Waals surface area contributed by atoms with Crippen LogP contribution in [0.5, 0.6) is 0 Å². The lowest BCUT2D eigenvalue weighted by molar-refractivity contribution is -0.862. The zero-order valence-electron chi connectivity index (χ0n) is 14.8. The molecule has 0 fully saturated rings. The molecular formula is C20H26N3O2+. The predicted octanol–water partition coefficient (Wildman–Crippen LogP) is 1.33. The number of rotatable bonds is 8. The molecule has 1 unspecified atom stereocenters. The first kappa shape index (κ1) is 18.7. The Hall–Kier alpha value is -2.66. The third-order valence-electron chi connectivity index (χ3n) is 3.77. The molecule has 0 aromatic heterocycles. The van der Waals surface area contributed by atoms with E-state index in [1.807, 2.05) is 56.4 Å². The molecule has 25 heavy (non-hydrogen) atoms. The lowest BCUT2D eigenvalue weighted by Gasteiger charge is -2.13. The summed E-state index contributed by atoms with van der Waals surface area (Å²) in [6.07, 6.45) is 0.907. The number of amides is 2. The number of likely N-dealkylation sites (N-methyl/N-ethyl adjacent to an activating group) is 1. The van der Waals surface area contributed by atoms with Crippen molar-refractivity contribution in [3.63, 3.8) is 0 Å². The monoisotopic (exact) mass is 340 g/mol. The Morgan fingerprint density at radius 1 is 0.880 bits per heavy atom. The molecule has 0 aliphatic heterocycles. The van der Waals surface area contributed by atoms with Crippen molar-refractivity contribution in [2.45, 2.75) is 13.3 Å². The van der Waals surface area contributed by atoms with Gasteiger partial charge in [-0.25, -0.2) is 0 Å². The summed E-state index contributed by atoms with van der Waals surface area (Å²) in [5, 5.41) is 5.69. The summed E-state index contributed by atoms with van der Waals surface area (Å²) in [6.45, 7) is 3.22. The fraction of sp³-hybridized carbons (Fsp3) is 0.300. The fourth-order valence-electron chi connectivity index (χ4n) is 2.52. The van der Waals surface area contributed by atoms with E-state index in [-0.39, 0.29) is 18.4 Å². The number of benzene rings is 2. The Labute approximate surface area is 149 Å². The highest BCUT2D eigenvalue weighted by Gasteiger charge is 2.13. The van der Waals surface area contributed by atoms with Crippen LogP contribution < -0.4 is 15.5 Å². The van der Waals surface area contributed by atoms with Crippen molar-refractivity contribution < 1.29 is 14.5 Å². The van der Waals surface area contributed by atoms with Crippen LogP contribution in [-0.4, -0.2) is 38.5 Å². The van der Waals surface area contributed by atoms with Gasteiger partial charge >= 0.3 is 0 Å². The molecule has 0 spiro atoms. The molecule has 5 nitrogen and oxygen atoms in total. The Morgan fingerprint density at radius 3 is 2.12 bits per heavy atom. The molecule has 0 heterocycles. The van der Waals surface area contributed by atoms with E-state index in [2.05, 4.69) is 22.8 Å². The van der Waals surface area contributed by atoms with Crippen LogP contribution in [0.15, 0.2) is 54.6 Å². The molecule has 3 N–H and O–H groups in total. The lowest BCUT2D eigenvalue weighted by Crippen LogP contribution is -3.11. The first-order valence-corrected chi connectivity index (χ1v) is 8.62. The van der Waals surface area contributed by atoms with Gasteiger partial charge in [0.05, 0.1) is 7.05 Å². The van der Waals surface area contributed by atoms with E-state index in [0.717, 1.165) is 28.1 Å². The van der Waals surface area contributed by atoms with Gasteiger partial charge in [-0.05, 0) is 29.7 Å². The Kier molecular flexibility index (Phi) is 7.16. The SMILES string of the molecule is CCCNC(=O)C[NH+](C)CC(=O)Nc1ccc(-c2ccccc2)cc1. The second kappa shape index (κ2) is 9.59. The topological polar surface area (TPSA) is 62.6 Å². The molecule has 0 saturated carbocycles. The van der Waals surface area contributed by atoms with Crippen LogP contribution >= 0.6 is 0 Å². The third-order valence-corrected chi connectivity index (χ3v) is 3.77. The summed E-state index contributed by atoms with van der Waals surface area (Å²) < 4.78 is 0. The van der Waals surface area contributed by atoms with Gasteiger partial charge in [0.25, 0.3) is 11.8 Å². The van der Waals surface area contributed by atoms with Crippen molar-refractivity contribution in [1.82, 2.24) is 5.32 Å². The van der Waals surface area contributed by atoms with Crippen molar-refractivity contribution in [3.8, 4) is 11.1 Å². The second-order valence-corrected chi connectivity index (χ2v) is 6.15. The molecule has 5 heteroatoms. The van der Waals surface area contributed by atoms with E-state index in [9.17, 15) is 9.59 Å². The normalized spacial score (nSPS) is 11.6. The first-order chi connectivity index (χ1) is 12.1. The maximum Gasteiger partial charge on any atom is 0.279 e. The third kappa shape index (κ3) is 6.39. The summed E-state index contributed by atoms with van der Waals surface area (Å²) in [5.41, 5.74) is 3.00. The summed E-state index contributed by atoms with van der Waals surface area (Å²) in [7, 11) is 1.84. The molecule has 0 saturated heterocycles. The number of carbonyl (C=O) groups excluding carboxylic acids is 2. The van der Waals surface area contributed by atoms with Crippen LogP contribution in [0.3, 0.4) is 0 Å². The van der Waals surface area contributed by atoms with Gasteiger partial charge in [0.1, 0.15) is 0 Å². The molecule has 2 aromatic carbocycles. The van der Waals surface area contributed by atoms with Crippen LogP contribution in [-0.2, 0) is 9.59 Å². The van der Waals surface area contributed by atoms with Crippen LogP contribution in [0.4, 0.5) is 5.69 Å². The molecular weight excluding hydrogens is 314 g/mol. The lowest BCUT2D eigenvalue weighted by atomic mass is 10.1. The minimum absolute atomic E-state index is 0.0284. The average Bonchev–Trinajstić information content (AvgIpc) is 2.61. The summed E-state index contributed by atoms with van der Waals surface area (Å²) in [6, 6.07) is 17.8. The van der Waals surface area contributed by atoms with Gasteiger partial charge in [-0.3, -0.25) is 9.59 Å². The van der Waals surface area contributed by atoms with Gasteiger partial charge in [-0.15, -0.1) is 0 Å². The molecule has 0 aliphatic carbocycles. The standard InChI is InChI=1S/C20H25N3O2/c1-3-13-21-19(24)14-23(2)15-20(25)22-18-11-9-17(10-12-18)16-7-5-4-6-8-16/h4-12H,3,13-15H2,1-2H3,(H,21,24)(H,22,25)/p+1. The van der Waals surface area contributed by atoms with Crippen molar-refractivity contribution in [2.24, 2.45) is 0 Å². The molecule has 2 amide bonds. The van der Waals surface area contributed by atoms with Crippen molar-refractivity contribution in [3.05, 3.63) is 54.6 Å². The quantitative estimate of drug-likeness (QED) is 0.679.